The molecule has 9 heteroatoms. The van der Waals surface area contributed by atoms with Crippen molar-refractivity contribution in [2.75, 3.05) is 30.4 Å². The van der Waals surface area contributed by atoms with E-state index < -0.39 is 0 Å². The second kappa shape index (κ2) is 13.3. The molecule has 1 aliphatic rings. The molecule has 2 amide bonds. The fourth-order valence-electron chi connectivity index (χ4n) is 3.33. The standard InChI is InChI=1S/C23H28ClN5O2.HI/c1-25-23(26-14-2-4-21(30)28-19-10-8-18(24)9-11-19)27-16-17-6-12-20(13-7-17)29-15-3-5-22(29)31;/h6-13H,2-5,14-16H2,1H3,(H,28,30)(H2,25,26,27);1H. The number of nitrogens with one attached hydrogen (secondary N) is 3. The maximum atomic E-state index is 12.0. The van der Waals surface area contributed by atoms with Crippen LogP contribution < -0.4 is 20.9 Å². The molecule has 2 aromatic rings. The Hall–Kier alpha value is -2.33. The number of guanidine groups is 1. The average Bonchev–Trinajstić information content (AvgIpc) is 3.21. The molecule has 2 aromatic carbocycles. The summed E-state index contributed by atoms with van der Waals surface area (Å²) in [6.07, 6.45) is 2.64. The van der Waals surface area contributed by atoms with Crippen LogP contribution in [0.5, 0.6) is 0 Å². The molecule has 0 atom stereocenters. The first-order valence-electron chi connectivity index (χ1n) is 10.4. The Morgan fingerprint density at radius 2 is 1.81 bits per heavy atom. The molecule has 0 spiro atoms. The summed E-state index contributed by atoms with van der Waals surface area (Å²) >= 11 is 5.85. The molecule has 172 valence electrons. The molecule has 0 bridgehead atoms. The van der Waals surface area contributed by atoms with Crippen molar-refractivity contribution in [3.8, 4) is 0 Å². The Balaban J connectivity index is 0.00000363. The number of hydrogen-bond donors (Lipinski definition) is 3. The van der Waals surface area contributed by atoms with Gasteiger partial charge in [-0.2, -0.15) is 0 Å². The zero-order valence-corrected chi connectivity index (χ0v) is 21.2. The lowest BCUT2D eigenvalue weighted by atomic mass is 10.2. The van der Waals surface area contributed by atoms with E-state index in [1.807, 2.05) is 29.2 Å². The number of benzene rings is 2. The molecular formula is C23H29ClIN5O2. The number of halogens is 2. The molecule has 0 unspecified atom stereocenters. The monoisotopic (exact) mass is 569 g/mol. The highest BCUT2D eigenvalue weighted by atomic mass is 127. The SMILES string of the molecule is CN=C(NCCCC(=O)Nc1ccc(Cl)cc1)NCc1ccc(N2CCCC2=O)cc1.I. The van der Waals surface area contributed by atoms with Gasteiger partial charge in [0, 0.05) is 55.9 Å². The van der Waals surface area contributed by atoms with E-state index in [2.05, 4.69) is 20.9 Å². The van der Waals surface area contributed by atoms with Gasteiger partial charge in [-0.15, -0.1) is 24.0 Å². The Labute approximate surface area is 211 Å². The van der Waals surface area contributed by atoms with Crippen LogP contribution in [0.25, 0.3) is 0 Å². The van der Waals surface area contributed by atoms with Gasteiger partial charge in [0.15, 0.2) is 5.96 Å². The van der Waals surface area contributed by atoms with Crippen molar-refractivity contribution >= 4 is 64.7 Å². The summed E-state index contributed by atoms with van der Waals surface area (Å²) < 4.78 is 0. The van der Waals surface area contributed by atoms with Crippen LogP contribution in [-0.2, 0) is 16.1 Å². The largest absolute Gasteiger partial charge is 0.356 e. The summed E-state index contributed by atoms with van der Waals surface area (Å²) in [7, 11) is 1.71. The van der Waals surface area contributed by atoms with Gasteiger partial charge in [0.05, 0.1) is 0 Å². The number of anilines is 2. The summed E-state index contributed by atoms with van der Waals surface area (Å²) in [6, 6.07) is 15.0. The van der Waals surface area contributed by atoms with Gasteiger partial charge in [-0.1, -0.05) is 23.7 Å². The number of carbonyl (C=O) groups is 2. The number of rotatable bonds is 8. The summed E-state index contributed by atoms with van der Waals surface area (Å²) in [6.45, 7) is 2.04. The molecule has 0 aromatic heterocycles. The Morgan fingerprint density at radius 3 is 2.44 bits per heavy atom. The van der Waals surface area contributed by atoms with Gasteiger partial charge in [0.1, 0.15) is 0 Å². The van der Waals surface area contributed by atoms with Crippen molar-refractivity contribution in [3.63, 3.8) is 0 Å². The Kier molecular flexibility index (Phi) is 10.8. The van der Waals surface area contributed by atoms with Crippen molar-refractivity contribution in [2.45, 2.75) is 32.2 Å². The molecule has 32 heavy (non-hydrogen) atoms. The van der Waals surface area contributed by atoms with Gasteiger partial charge in [-0.25, -0.2) is 0 Å². The lowest BCUT2D eigenvalue weighted by Gasteiger charge is -2.16. The van der Waals surface area contributed by atoms with Crippen molar-refractivity contribution in [3.05, 3.63) is 59.1 Å². The van der Waals surface area contributed by atoms with Gasteiger partial charge in [-0.05, 0) is 54.8 Å². The lowest BCUT2D eigenvalue weighted by molar-refractivity contribution is -0.117. The number of hydrogen-bond acceptors (Lipinski definition) is 3. The van der Waals surface area contributed by atoms with Gasteiger partial charge in [0.2, 0.25) is 11.8 Å². The first-order chi connectivity index (χ1) is 15.0. The third-order valence-electron chi connectivity index (χ3n) is 5.01. The fraction of sp³-hybridized carbons (Fsp3) is 0.348. The molecule has 7 nitrogen and oxygen atoms in total. The maximum Gasteiger partial charge on any atom is 0.227 e. The van der Waals surface area contributed by atoms with Gasteiger partial charge >= 0.3 is 0 Å². The van der Waals surface area contributed by atoms with Crippen molar-refractivity contribution in [1.82, 2.24) is 10.6 Å². The topological polar surface area (TPSA) is 85.8 Å². The third kappa shape index (κ3) is 7.98. The van der Waals surface area contributed by atoms with E-state index in [9.17, 15) is 9.59 Å². The molecule has 0 aliphatic carbocycles. The zero-order chi connectivity index (χ0) is 22.1. The normalized spacial score (nSPS) is 13.5. The van der Waals surface area contributed by atoms with Crippen LogP contribution in [0.1, 0.15) is 31.2 Å². The zero-order valence-electron chi connectivity index (χ0n) is 18.1. The predicted octanol–water partition coefficient (Wildman–Crippen LogP) is 4.17. The number of nitrogens with zero attached hydrogens (tertiary/aromatic N) is 2. The fourth-order valence-corrected chi connectivity index (χ4v) is 3.46. The van der Waals surface area contributed by atoms with Crippen LogP contribution in [0.15, 0.2) is 53.5 Å². The summed E-state index contributed by atoms with van der Waals surface area (Å²) in [5, 5.41) is 9.97. The van der Waals surface area contributed by atoms with Crippen molar-refractivity contribution in [2.24, 2.45) is 4.99 Å². The first-order valence-corrected chi connectivity index (χ1v) is 10.8. The van der Waals surface area contributed by atoms with Crippen molar-refractivity contribution < 1.29 is 9.59 Å². The van der Waals surface area contributed by atoms with Crippen LogP contribution in [0.2, 0.25) is 5.02 Å². The molecule has 0 saturated carbocycles. The number of aliphatic imine (C=N–C) groups is 1. The molecule has 1 aliphatic heterocycles. The van der Waals surface area contributed by atoms with Gasteiger partial charge < -0.3 is 20.9 Å². The summed E-state index contributed by atoms with van der Waals surface area (Å²) in [4.78, 5) is 29.9. The van der Waals surface area contributed by atoms with Crippen LogP contribution >= 0.6 is 35.6 Å². The summed E-state index contributed by atoms with van der Waals surface area (Å²) in [5.74, 6) is 0.831. The smallest absolute Gasteiger partial charge is 0.227 e. The van der Waals surface area contributed by atoms with Crippen LogP contribution in [0.3, 0.4) is 0 Å². The van der Waals surface area contributed by atoms with E-state index in [1.165, 1.54) is 0 Å². The molecule has 3 rings (SSSR count). The highest BCUT2D eigenvalue weighted by Gasteiger charge is 2.21. The maximum absolute atomic E-state index is 12.0. The predicted molar refractivity (Wildman–Crippen MR) is 141 cm³/mol. The average molecular weight is 570 g/mol. The molecule has 1 heterocycles. The minimum atomic E-state index is -0.0383. The third-order valence-corrected chi connectivity index (χ3v) is 5.26. The highest BCUT2D eigenvalue weighted by Crippen LogP contribution is 2.21. The van der Waals surface area contributed by atoms with Gasteiger partial charge in [-0.3, -0.25) is 14.6 Å². The lowest BCUT2D eigenvalue weighted by Crippen LogP contribution is -2.37. The summed E-state index contributed by atoms with van der Waals surface area (Å²) in [5.41, 5.74) is 2.78. The van der Waals surface area contributed by atoms with E-state index in [0.717, 1.165) is 29.9 Å². The van der Waals surface area contributed by atoms with E-state index >= 15 is 0 Å². The van der Waals surface area contributed by atoms with E-state index in [1.54, 1.807) is 31.3 Å². The minimum absolute atomic E-state index is 0. The second-order valence-electron chi connectivity index (χ2n) is 7.33. The van der Waals surface area contributed by atoms with Crippen LogP contribution in [0.4, 0.5) is 11.4 Å². The van der Waals surface area contributed by atoms with Crippen LogP contribution in [-0.4, -0.2) is 37.9 Å². The molecule has 0 radical (unpaired) electrons. The molecular weight excluding hydrogens is 541 g/mol. The Bertz CT molecular complexity index is 919. The molecule has 3 N–H and O–H groups in total. The Morgan fingerprint density at radius 1 is 1.09 bits per heavy atom. The van der Waals surface area contributed by atoms with E-state index in [0.29, 0.717) is 43.3 Å². The molecule has 1 saturated heterocycles. The number of carbonyl (C=O) groups excluding carboxylic acids is 2. The van der Waals surface area contributed by atoms with E-state index in [4.69, 9.17) is 11.6 Å². The van der Waals surface area contributed by atoms with Crippen LogP contribution in [0, 0.1) is 0 Å². The number of amides is 2. The molecule has 1 fully saturated rings. The van der Waals surface area contributed by atoms with E-state index in [-0.39, 0.29) is 35.8 Å². The first kappa shape index (κ1) is 25.9. The van der Waals surface area contributed by atoms with Crippen molar-refractivity contribution in [1.29, 1.82) is 0 Å². The highest BCUT2D eigenvalue weighted by molar-refractivity contribution is 14.0. The quantitative estimate of drug-likeness (QED) is 0.193. The second-order valence-corrected chi connectivity index (χ2v) is 7.76. The minimum Gasteiger partial charge on any atom is -0.356 e. The van der Waals surface area contributed by atoms with Gasteiger partial charge in [0.25, 0.3) is 0 Å².